The molecule has 6 nitrogen and oxygen atoms in total. The summed E-state index contributed by atoms with van der Waals surface area (Å²) in [6, 6.07) is 0. The molecule has 0 saturated heterocycles. The van der Waals surface area contributed by atoms with Gasteiger partial charge in [-0.1, -0.05) is 11.8 Å². The van der Waals surface area contributed by atoms with Gasteiger partial charge < -0.3 is 5.11 Å². The molecule has 5 rings (SSSR count). The summed E-state index contributed by atoms with van der Waals surface area (Å²) in [5, 5.41) is 19.5. The third kappa shape index (κ3) is 2.23. The maximum atomic E-state index is 10.9. The van der Waals surface area contributed by atoms with Crippen LogP contribution in [0, 0.1) is 0 Å². The predicted molar refractivity (Wildman–Crippen MR) is 93.1 cm³/mol. The molecule has 0 bridgehead atoms. The van der Waals surface area contributed by atoms with Crippen LogP contribution < -0.4 is 0 Å². The molecule has 0 atom stereocenters. The zero-order valence-electron chi connectivity index (χ0n) is 13.0. The summed E-state index contributed by atoms with van der Waals surface area (Å²) in [6.45, 7) is 0. The van der Waals surface area contributed by atoms with Gasteiger partial charge in [0.2, 0.25) is 0 Å². The number of thiophene rings is 1. The molecule has 1 saturated carbocycles. The van der Waals surface area contributed by atoms with Gasteiger partial charge in [-0.3, -0.25) is 9.20 Å². The largest absolute Gasteiger partial charge is 0.481 e. The Bertz CT molecular complexity index is 974. The normalized spacial score (nSPS) is 17.5. The van der Waals surface area contributed by atoms with Gasteiger partial charge in [0.25, 0.3) is 0 Å². The minimum absolute atomic E-state index is 0.00924. The first-order valence-corrected chi connectivity index (χ1v) is 10.1. The first kappa shape index (κ1) is 14.7. The predicted octanol–water partition coefficient (Wildman–Crippen LogP) is 3.27. The Morgan fingerprint density at radius 2 is 2.12 bits per heavy atom. The van der Waals surface area contributed by atoms with E-state index in [9.17, 15) is 4.79 Å². The first-order valence-electron chi connectivity index (χ1n) is 8.26. The average molecular weight is 360 g/mol. The second-order valence-electron chi connectivity index (χ2n) is 6.46. The van der Waals surface area contributed by atoms with Gasteiger partial charge in [-0.05, 0) is 44.1 Å². The van der Waals surface area contributed by atoms with Crippen molar-refractivity contribution in [2.45, 2.75) is 49.6 Å². The van der Waals surface area contributed by atoms with E-state index in [0.717, 1.165) is 47.4 Å². The van der Waals surface area contributed by atoms with Gasteiger partial charge in [0, 0.05) is 10.8 Å². The number of fused-ring (bicyclic) bond motifs is 5. The van der Waals surface area contributed by atoms with E-state index in [1.54, 1.807) is 0 Å². The lowest BCUT2D eigenvalue weighted by Gasteiger charge is -2.11. The van der Waals surface area contributed by atoms with Gasteiger partial charge >= 0.3 is 5.97 Å². The minimum Gasteiger partial charge on any atom is -0.481 e. The van der Waals surface area contributed by atoms with E-state index in [0.29, 0.717) is 11.1 Å². The standard InChI is InChI=1S/C16H16N4O2S2/c21-11(22)7-23-16-19-18-14-12-9-3-1-2-4-10(9)24-15(12)17-13(20(14)16)8-5-6-8/h8H,1-7H2,(H,21,22). The smallest absolute Gasteiger partial charge is 0.313 e. The van der Waals surface area contributed by atoms with Crippen molar-refractivity contribution in [3.05, 3.63) is 16.3 Å². The molecular weight excluding hydrogens is 344 g/mol. The molecular formula is C16H16N4O2S2. The van der Waals surface area contributed by atoms with Gasteiger partial charge in [-0.2, -0.15) is 0 Å². The minimum atomic E-state index is -0.841. The molecule has 0 aliphatic heterocycles. The zero-order chi connectivity index (χ0) is 16.3. The highest BCUT2D eigenvalue weighted by Crippen LogP contribution is 2.44. The molecule has 3 heterocycles. The molecule has 124 valence electrons. The van der Waals surface area contributed by atoms with E-state index in [1.165, 1.54) is 35.0 Å². The van der Waals surface area contributed by atoms with Crippen LogP contribution >= 0.6 is 23.1 Å². The SMILES string of the molecule is O=C(O)CSc1nnc2c3c4c(sc3nc(C3CC3)n12)CCCC4. The second-order valence-corrected chi connectivity index (χ2v) is 8.49. The summed E-state index contributed by atoms with van der Waals surface area (Å²) in [4.78, 5) is 18.4. The molecule has 24 heavy (non-hydrogen) atoms. The molecule has 2 aliphatic carbocycles. The highest BCUT2D eigenvalue weighted by Gasteiger charge is 2.32. The fraction of sp³-hybridized carbons (Fsp3) is 0.500. The number of carboxylic acids is 1. The summed E-state index contributed by atoms with van der Waals surface area (Å²) < 4.78 is 2.02. The van der Waals surface area contributed by atoms with E-state index in [4.69, 9.17) is 10.1 Å². The Hall–Kier alpha value is -1.67. The Balaban J connectivity index is 1.77. The lowest BCUT2D eigenvalue weighted by Crippen LogP contribution is -2.04. The number of rotatable bonds is 4. The van der Waals surface area contributed by atoms with Crippen molar-refractivity contribution in [3.63, 3.8) is 0 Å². The van der Waals surface area contributed by atoms with Crippen molar-refractivity contribution in [1.29, 1.82) is 0 Å². The molecule has 0 radical (unpaired) electrons. The summed E-state index contributed by atoms with van der Waals surface area (Å²) in [6.07, 6.45) is 6.96. The van der Waals surface area contributed by atoms with Crippen LogP contribution in [0.2, 0.25) is 0 Å². The molecule has 0 aromatic carbocycles. The third-order valence-electron chi connectivity index (χ3n) is 4.72. The Morgan fingerprint density at radius 1 is 1.29 bits per heavy atom. The average Bonchev–Trinajstić information content (AvgIpc) is 3.22. The van der Waals surface area contributed by atoms with Crippen LogP contribution in [0.5, 0.6) is 0 Å². The summed E-state index contributed by atoms with van der Waals surface area (Å²) >= 11 is 3.03. The lowest BCUT2D eigenvalue weighted by atomic mass is 9.97. The molecule has 0 unspecified atom stereocenters. The van der Waals surface area contributed by atoms with Crippen LogP contribution in [0.25, 0.3) is 15.9 Å². The Labute approximate surface area is 146 Å². The van der Waals surface area contributed by atoms with E-state index >= 15 is 0 Å². The van der Waals surface area contributed by atoms with E-state index in [1.807, 2.05) is 15.7 Å². The number of carbonyl (C=O) groups is 1. The molecule has 1 fully saturated rings. The molecule has 8 heteroatoms. The van der Waals surface area contributed by atoms with Crippen molar-refractivity contribution < 1.29 is 9.90 Å². The summed E-state index contributed by atoms with van der Waals surface area (Å²) in [5.41, 5.74) is 2.26. The Kier molecular flexibility index (Phi) is 3.31. The molecule has 2 aliphatic rings. The Morgan fingerprint density at radius 3 is 2.92 bits per heavy atom. The maximum absolute atomic E-state index is 10.9. The fourth-order valence-electron chi connectivity index (χ4n) is 3.49. The van der Waals surface area contributed by atoms with Crippen LogP contribution in [0.15, 0.2) is 5.16 Å². The number of aryl methyl sites for hydroxylation is 2. The van der Waals surface area contributed by atoms with Crippen molar-refractivity contribution >= 4 is 44.9 Å². The second kappa shape index (κ2) is 5.42. The molecule has 3 aromatic rings. The number of thioether (sulfide) groups is 1. The van der Waals surface area contributed by atoms with E-state index in [-0.39, 0.29) is 5.75 Å². The van der Waals surface area contributed by atoms with Crippen molar-refractivity contribution in [1.82, 2.24) is 19.6 Å². The summed E-state index contributed by atoms with van der Waals surface area (Å²) in [7, 11) is 0. The molecule has 1 N–H and O–H groups in total. The number of hydrogen-bond donors (Lipinski definition) is 1. The zero-order valence-corrected chi connectivity index (χ0v) is 14.6. The van der Waals surface area contributed by atoms with Crippen LogP contribution in [0.1, 0.15) is 47.9 Å². The highest BCUT2D eigenvalue weighted by molar-refractivity contribution is 7.99. The van der Waals surface area contributed by atoms with Crippen molar-refractivity contribution in [2.75, 3.05) is 5.75 Å². The maximum Gasteiger partial charge on any atom is 0.313 e. The van der Waals surface area contributed by atoms with E-state index in [2.05, 4.69) is 10.2 Å². The van der Waals surface area contributed by atoms with Crippen LogP contribution in [0.3, 0.4) is 0 Å². The lowest BCUT2D eigenvalue weighted by molar-refractivity contribution is -0.133. The van der Waals surface area contributed by atoms with Gasteiger partial charge in [-0.25, -0.2) is 4.98 Å². The molecule has 0 spiro atoms. The number of aliphatic carboxylic acids is 1. The van der Waals surface area contributed by atoms with Crippen LogP contribution in [0.4, 0.5) is 0 Å². The van der Waals surface area contributed by atoms with Crippen LogP contribution in [-0.2, 0) is 17.6 Å². The number of carboxylic acid groups (broad SMARTS) is 1. The van der Waals surface area contributed by atoms with E-state index < -0.39 is 5.97 Å². The van der Waals surface area contributed by atoms with Gasteiger partial charge in [-0.15, -0.1) is 21.5 Å². The van der Waals surface area contributed by atoms with Gasteiger partial charge in [0.15, 0.2) is 10.8 Å². The van der Waals surface area contributed by atoms with Crippen molar-refractivity contribution in [2.24, 2.45) is 0 Å². The topological polar surface area (TPSA) is 80.4 Å². The fourth-order valence-corrected chi connectivity index (χ4v) is 5.41. The van der Waals surface area contributed by atoms with Crippen LogP contribution in [-0.4, -0.2) is 36.4 Å². The third-order valence-corrected chi connectivity index (χ3v) is 6.82. The summed E-state index contributed by atoms with van der Waals surface area (Å²) in [5.74, 6) is 0.613. The first-order chi connectivity index (χ1) is 11.7. The van der Waals surface area contributed by atoms with Gasteiger partial charge in [0.05, 0.1) is 11.1 Å². The molecule has 0 amide bonds. The molecule has 3 aromatic heterocycles. The monoisotopic (exact) mass is 360 g/mol. The quantitative estimate of drug-likeness (QED) is 0.719. The number of hydrogen-bond acceptors (Lipinski definition) is 6. The highest BCUT2D eigenvalue weighted by atomic mass is 32.2. The number of aromatic nitrogens is 4. The number of nitrogens with zero attached hydrogens (tertiary/aromatic N) is 4. The van der Waals surface area contributed by atoms with Gasteiger partial charge in [0.1, 0.15) is 10.7 Å². The van der Waals surface area contributed by atoms with Crippen molar-refractivity contribution in [3.8, 4) is 0 Å².